The summed E-state index contributed by atoms with van der Waals surface area (Å²) in [6, 6.07) is 11.6. The minimum absolute atomic E-state index is 0.0297. The number of amidine groups is 1. The highest BCUT2D eigenvalue weighted by Gasteiger charge is 2.12. The minimum Gasteiger partial charge on any atom is -0.384 e. The Hall–Kier alpha value is -1.88. The number of halogens is 1. The van der Waals surface area contributed by atoms with Gasteiger partial charge in [-0.15, -0.1) is 0 Å². The number of aromatic nitrogens is 1. The van der Waals surface area contributed by atoms with Crippen molar-refractivity contribution in [3.05, 3.63) is 58.2 Å². The van der Waals surface area contributed by atoms with Gasteiger partial charge in [0.05, 0.1) is 5.56 Å². The molecule has 1 aromatic carbocycles. The highest BCUT2D eigenvalue weighted by Crippen LogP contribution is 2.21. The van der Waals surface area contributed by atoms with Gasteiger partial charge in [-0.3, -0.25) is 5.41 Å². The molecular weight excluding hydrogens is 304 g/mol. The molecule has 0 unspecified atom stereocenters. The largest absolute Gasteiger partial charge is 0.384 e. The van der Waals surface area contributed by atoms with Gasteiger partial charge >= 0.3 is 0 Å². The molecule has 5 heteroatoms. The van der Waals surface area contributed by atoms with Crippen molar-refractivity contribution in [2.24, 2.45) is 5.73 Å². The highest BCUT2D eigenvalue weighted by molar-refractivity contribution is 9.10. The van der Waals surface area contributed by atoms with Crippen LogP contribution in [0.25, 0.3) is 0 Å². The summed E-state index contributed by atoms with van der Waals surface area (Å²) in [5.74, 6) is 0.743. The second kappa shape index (κ2) is 5.84. The van der Waals surface area contributed by atoms with Crippen molar-refractivity contribution in [2.45, 2.75) is 6.54 Å². The van der Waals surface area contributed by atoms with Crippen LogP contribution < -0.4 is 10.6 Å². The van der Waals surface area contributed by atoms with Crippen molar-refractivity contribution in [3.63, 3.8) is 0 Å². The molecule has 0 spiro atoms. The van der Waals surface area contributed by atoms with Crippen LogP contribution in [0.15, 0.2) is 47.1 Å². The summed E-state index contributed by atoms with van der Waals surface area (Å²) in [6.07, 6.45) is 1.71. The van der Waals surface area contributed by atoms with Crippen LogP contribution in [0.1, 0.15) is 11.1 Å². The van der Waals surface area contributed by atoms with Gasteiger partial charge in [-0.25, -0.2) is 4.98 Å². The average Bonchev–Trinajstić information content (AvgIpc) is 2.41. The second-order valence-electron chi connectivity index (χ2n) is 4.24. The van der Waals surface area contributed by atoms with E-state index in [1.807, 2.05) is 30.1 Å². The molecule has 0 aliphatic rings. The standard InChI is InChI=1S/C14H15BrN4/c1-19(9-10-5-2-3-7-12(10)15)14-11(13(16)17)6-4-8-18-14/h2-8H,9H2,1H3,(H3,16,17). The van der Waals surface area contributed by atoms with Crippen LogP contribution in [0.4, 0.5) is 5.82 Å². The van der Waals surface area contributed by atoms with Gasteiger partial charge in [0, 0.05) is 24.3 Å². The minimum atomic E-state index is 0.0297. The van der Waals surface area contributed by atoms with E-state index >= 15 is 0 Å². The third-order valence-corrected chi connectivity index (χ3v) is 3.58. The maximum absolute atomic E-state index is 7.59. The summed E-state index contributed by atoms with van der Waals surface area (Å²) < 4.78 is 1.06. The van der Waals surface area contributed by atoms with E-state index in [2.05, 4.69) is 27.0 Å². The molecule has 0 bridgehead atoms. The van der Waals surface area contributed by atoms with E-state index in [1.165, 1.54) is 0 Å². The fourth-order valence-electron chi connectivity index (χ4n) is 1.87. The van der Waals surface area contributed by atoms with Gasteiger partial charge in [0.25, 0.3) is 0 Å². The molecule has 4 nitrogen and oxygen atoms in total. The molecule has 0 amide bonds. The van der Waals surface area contributed by atoms with Crippen molar-refractivity contribution >= 4 is 27.6 Å². The lowest BCUT2D eigenvalue weighted by atomic mass is 10.2. The van der Waals surface area contributed by atoms with E-state index in [-0.39, 0.29) is 5.84 Å². The summed E-state index contributed by atoms with van der Waals surface area (Å²) in [5.41, 5.74) is 7.39. The van der Waals surface area contributed by atoms with Crippen LogP contribution in [0.3, 0.4) is 0 Å². The summed E-state index contributed by atoms with van der Waals surface area (Å²) >= 11 is 3.53. The lowest BCUT2D eigenvalue weighted by molar-refractivity contribution is 0.892. The number of hydrogen-bond acceptors (Lipinski definition) is 3. The predicted octanol–water partition coefficient (Wildman–Crippen LogP) is 2.76. The van der Waals surface area contributed by atoms with E-state index in [4.69, 9.17) is 11.1 Å². The Kier molecular flexibility index (Phi) is 4.16. The number of hydrogen-bond donors (Lipinski definition) is 2. The topological polar surface area (TPSA) is 66.0 Å². The average molecular weight is 319 g/mol. The first-order valence-corrected chi connectivity index (χ1v) is 6.63. The van der Waals surface area contributed by atoms with E-state index in [0.717, 1.165) is 10.0 Å². The maximum atomic E-state index is 7.59. The molecule has 2 aromatic rings. The first-order valence-electron chi connectivity index (χ1n) is 5.83. The zero-order valence-electron chi connectivity index (χ0n) is 10.6. The molecular formula is C14H15BrN4. The van der Waals surface area contributed by atoms with E-state index < -0.39 is 0 Å². The van der Waals surface area contributed by atoms with Gasteiger partial charge in [-0.05, 0) is 23.8 Å². The lowest BCUT2D eigenvalue weighted by Crippen LogP contribution is -2.23. The van der Waals surface area contributed by atoms with Gasteiger partial charge in [0.15, 0.2) is 0 Å². The van der Waals surface area contributed by atoms with Gasteiger partial charge in [-0.1, -0.05) is 34.1 Å². The van der Waals surface area contributed by atoms with Crippen LogP contribution >= 0.6 is 15.9 Å². The van der Waals surface area contributed by atoms with E-state index in [9.17, 15) is 0 Å². The molecule has 0 aliphatic heterocycles. The summed E-state index contributed by atoms with van der Waals surface area (Å²) in [7, 11) is 1.94. The van der Waals surface area contributed by atoms with Crippen LogP contribution in [0.5, 0.6) is 0 Å². The monoisotopic (exact) mass is 318 g/mol. The molecule has 19 heavy (non-hydrogen) atoms. The molecule has 1 heterocycles. The van der Waals surface area contributed by atoms with Crippen molar-refractivity contribution in [1.82, 2.24) is 4.98 Å². The Labute approximate surface area is 120 Å². The molecule has 1 aromatic heterocycles. The van der Waals surface area contributed by atoms with Gasteiger partial charge in [0.1, 0.15) is 11.7 Å². The molecule has 0 saturated heterocycles. The predicted molar refractivity (Wildman–Crippen MR) is 81.5 cm³/mol. The molecule has 0 radical (unpaired) electrons. The van der Waals surface area contributed by atoms with Crippen molar-refractivity contribution in [1.29, 1.82) is 5.41 Å². The fraction of sp³-hybridized carbons (Fsp3) is 0.143. The Balaban J connectivity index is 2.28. The zero-order valence-corrected chi connectivity index (χ0v) is 12.2. The molecule has 0 aliphatic carbocycles. The van der Waals surface area contributed by atoms with Crippen LogP contribution in [0.2, 0.25) is 0 Å². The van der Waals surface area contributed by atoms with Gasteiger partial charge in [-0.2, -0.15) is 0 Å². The second-order valence-corrected chi connectivity index (χ2v) is 5.09. The van der Waals surface area contributed by atoms with E-state index in [1.54, 1.807) is 18.3 Å². The van der Waals surface area contributed by atoms with Crippen molar-refractivity contribution in [2.75, 3.05) is 11.9 Å². The molecule has 3 N–H and O–H groups in total. The van der Waals surface area contributed by atoms with Crippen molar-refractivity contribution < 1.29 is 0 Å². The zero-order chi connectivity index (χ0) is 13.8. The highest BCUT2D eigenvalue weighted by atomic mass is 79.9. The number of nitrogens with two attached hydrogens (primary N) is 1. The quantitative estimate of drug-likeness (QED) is 0.673. The van der Waals surface area contributed by atoms with E-state index in [0.29, 0.717) is 17.9 Å². The number of nitrogen functional groups attached to an aromatic ring is 1. The molecule has 98 valence electrons. The van der Waals surface area contributed by atoms with Gasteiger partial charge < -0.3 is 10.6 Å². The summed E-state index contributed by atoms with van der Waals surface area (Å²) in [6.45, 7) is 0.693. The third-order valence-electron chi connectivity index (χ3n) is 2.80. The molecule has 0 saturated carbocycles. The fourth-order valence-corrected chi connectivity index (χ4v) is 2.28. The number of nitrogens with one attached hydrogen (secondary N) is 1. The third kappa shape index (κ3) is 3.12. The number of nitrogens with zero attached hydrogens (tertiary/aromatic N) is 2. The molecule has 2 rings (SSSR count). The number of pyridine rings is 1. The molecule has 0 fully saturated rings. The SMILES string of the molecule is CN(Cc1ccccc1Br)c1ncccc1C(=N)N. The number of rotatable bonds is 4. The Morgan fingerprint density at radius 2 is 2.05 bits per heavy atom. The summed E-state index contributed by atoms with van der Waals surface area (Å²) in [5, 5.41) is 7.59. The number of anilines is 1. The Morgan fingerprint density at radius 1 is 1.32 bits per heavy atom. The first kappa shape index (κ1) is 13.5. The number of benzene rings is 1. The Morgan fingerprint density at radius 3 is 2.74 bits per heavy atom. The normalized spacial score (nSPS) is 10.2. The van der Waals surface area contributed by atoms with Crippen LogP contribution in [-0.4, -0.2) is 17.9 Å². The molecule has 0 atom stereocenters. The van der Waals surface area contributed by atoms with Crippen LogP contribution in [0, 0.1) is 5.41 Å². The van der Waals surface area contributed by atoms with Crippen molar-refractivity contribution in [3.8, 4) is 0 Å². The van der Waals surface area contributed by atoms with Gasteiger partial charge in [0.2, 0.25) is 0 Å². The maximum Gasteiger partial charge on any atom is 0.139 e. The summed E-state index contributed by atoms with van der Waals surface area (Å²) in [4.78, 5) is 6.30. The van der Waals surface area contributed by atoms with Crippen LogP contribution in [-0.2, 0) is 6.54 Å². The first-order chi connectivity index (χ1) is 9.09. The smallest absolute Gasteiger partial charge is 0.139 e. The Bertz CT molecular complexity index is 598. The lowest BCUT2D eigenvalue weighted by Gasteiger charge is -2.21.